The Kier molecular flexibility index (Phi) is 4.80. The Morgan fingerprint density at radius 2 is 1.95 bits per heavy atom. The van der Waals surface area contributed by atoms with Crippen LogP contribution in [-0.4, -0.2) is 10.5 Å². The Balaban J connectivity index is 2.33. The molecular formula is C15H17BrF2N2S. The number of aromatic nitrogens is 1. The van der Waals surface area contributed by atoms with Crippen LogP contribution >= 0.6 is 27.3 Å². The van der Waals surface area contributed by atoms with Crippen molar-refractivity contribution in [1.82, 2.24) is 10.3 Å². The van der Waals surface area contributed by atoms with Crippen molar-refractivity contribution >= 4 is 27.3 Å². The van der Waals surface area contributed by atoms with Gasteiger partial charge in [-0.05, 0) is 55.8 Å². The highest BCUT2D eigenvalue weighted by molar-refractivity contribution is 9.10. The third-order valence-corrected chi connectivity index (χ3v) is 4.90. The Hall–Kier alpha value is -0.850. The first-order valence-electron chi connectivity index (χ1n) is 6.54. The molecule has 1 aromatic heterocycles. The summed E-state index contributed by atoms with van der Waals surface area (Å²) in [6.07, 6.45) is 0. The smallest absolute Gasteiger partial charge is 0.173 e. The second-order valence-electron chi connectivity index (χ2n) is 5.85. The molecule has 0 spiro atoms. The maximum atomic E-state index is 13.6. The summed E-state index contributed by atoms with van der Waals surface area (Å²) < 4.78 is 26.9. The highest BCUT2D eigenvalue weighted by Crippen LogP contribution is 2.35. The zero-order valence-electron chi connectivity index (χ0n) is 12.4. The van der Waals surface area contributed by atoms with Crippen LogP contribution in [-0.2, 0) is 6.54 Å². The van der Waals surface area contributed by atoms with E-state index < -0.39 is 11.6 Å². The van der Waals surface area contributed by atoms with E-state index in [0.29, 0.717) is 17.1 Å². The van der Waals surface area contributed by atoms with E-state index in [9.17, 15) is 8.78 Å². The lowest BCUT2D eigenvalue weighted by molar-refractivity contribution is 0.425. The molecule has 0 radical (unpaired) electrons. The minimum absolute atomic E-state index is 0.0131. The van der Waals surface area contributed by atoms with Gasteiger partial charge in [0, 0.05) is 22.5 Å². The molecule has 0 saturated carbocycles. The molecule has 2 nitrogen and oxygen atoms in total. The number of hydrogen-bond acceptors (Lipinski definition) is 3. The summed E-state index contributed by atoms with van der Waals surface area (Å²) in [4.78, 5) is 5.57. The van der Waals surface area contributed by atoms with E-state index in [2.05, 4.69) is 47.0 Å². The van der Waals surface area contributed by atoms with Crippen molar-refractivity contribution in [1.29, 1.82) is 0 Å². The standard InChI is InChI=1S/C15H17BrF2N2S/c1-8-11(7-19-15(2,3)4)21-14(20-8)9-5-6-10(17)13(18)12(9)16/h5-6,19H,7H2,1-4H3. The minimum Gasteiger partial charge on any atom is -0.307 e. The van der Waals surface area contributed by atoms with Crippen LogP contribution in [0, 0.1) is 18.6 Å². The molecule has 2 aromatic rings. The topological polar surface area (TPSA) is 24.9 Å². The van der Waals surface area contributed by atoms with Crippen LogP contribution in [0.15, 0.2) is 16.6 Å². The van der Waals surface area contributed by atoms with Crippen molar-refractivity contribution in [2.45, 2.75) is 39.8 Å². The van der Waals surface area contributed by atoms with Crippen molar-refractivity contribution in [3.63, 3.8) is 0 Å². The lowest BCUT2D eigenvalue weighted by atomic mass is 10.1. The fourth-order valence-corrected chi connectivity index (χ4v) is 3.42. The largest absolute Gasteiger partial charge is 0.307 e. The van der Waals surface area contributed by atoms with Gasteiger partial charge in [0.15, 0.2) is 11.6 Å². The van der Waals surface area contributed by atoms with Crippen LogP contribution in [0.2, 0.25) is 0 Å². The number of benzene rings is 1. The highest BCUT2D eigenvalue weighted by atomic mass is 79.9. The molecule has 2 rings (SSSR count). The lowest BCUT2D eigenvalue weighted by Crippen LogP contribution is -2.34. The summed E-state index contributed by atoms with van der Waals surface area (Å²) in [5, 5.41) is 4.09. The molecule has 0 bridgehead atoms. The first-order valence-corrected chi connectivity index (χ1v) is 8.15. The molecule has 0 atom stereocenters. The average molecular weight is 375 g/mol. The molecule has 1 aromatic carbocycles. The number of aryl methyl sites for hydroxylation is 1. The molecule has 0 aliphatic rings. The quantitative estimate of drug-likeness (QED) is 0.760. The normalized spacial score (nSPS) is 12.0. The Labute approximate surface area is 135 Å². The van der Waals surface area contributed by atoms with Gasteiger partial charge in [0.2, 0.25) is 0 Å². The number of halogens is 3. The zero-order valence-corrected chi connectivity index (χ0v) is 14.8. The van der Waals surface area contributed by atoms with Crippen LogP contribution in [0.5, 0.6) is 0 Å². The van der Waals surface area contributed by atoms with E-state index in [1.54, 1.807) is 6.07 Å². The van der Waals surface area contributed by atoms with E-state index in [4.69, 9.17) is 0 Å². The molecule has 0 saturated heterocycles. The van der Waals surface area contributed by atoms with Crippen molar-refractivity contribution in [2.75, 3.05) is 0 Å². The minimum atomic E-state index is -0.880. The molecular weight excluding hydrogens is 358 g/mol. The SMILES string of the molecule is Cc1nc(-c2ccc(F)c(F)c2Br)sc1CNC(C)(C)C. The van der Waals surface area contributed by atoms with Gasteiger partial charge in [-0.1, -0.05) is 0 Å². The molecule has 1 heterocycles. The van der Waals surface area contributed by atoms with Crippen molar-refractivity contribution in [3.8, 4) is 10.6 Å². The van der Waals surface area contributed by atoms with Crippen LogP contribution in [0.1, 0.15) is 31.3 Å². The summed E-state index contributed by atoms with van der Waals surface area (Å²) in [6.45, 7) is 8.91. The van der Waals surface area contributed by atoms with E-state index in [0.717, 1.165) is 16.6 Å². The maximum absolute atomic E-state index is 13.6. The second-order valence-corrected chi connectivity index (χ2v) is 7.73. The van der Waals surface area contributed by atoms with Crippen LogP contribution in [0.4, 0.5) is 8.78 Å². The average Bonchev–Trinajstić information content (AvgIpc) is 2.74. The molecule has 1 N–H and O–H groups in total. The van der Waals surface area contributed by atoms with E-state index in [-0.39, 0.29) is 10.0 Å². The predicted octanol–water partition coefficient (Wildman–Crippen LogP) is 5.05. The molecule has 0 amide bonds. The molecule has 0 unspecified atom stereocenters. The molecule has 6 heteroatoms. The van der Waals surface area contributed by atoms with Crippen LogP contribution in [0.25, 0.3) is 10.6 Å². The van der Waals surface area contributed by atoms with Crippen molar-refractivity contribution < 1.29 is 8.78 Å². The molecule has 0 fully saturated rings. The maximum Gasteiger partial charge on any atom is 0.173 e. The summed E-state index contributed by atoms with van der Waals surface area (Å²) in [7, 11) is 0. The molecule has 0 aliphatic carbocycles. The van der Waals surface area contributed by atoms with E-state index in [1.807, 2.05) is 6.92 Å². The van der Waals surface area contributed by atoms with Gasteiger partial charge < -0.3 is 5.32 Å². The van der Waals surface area contributed by atoms with Gasteiger partial charge >= 0.3 is 0 Å². The molecule has 21 heavy (non-hydrogen) atoms. The first-order chi connectivity index (χ1) is 9.69. The van der Waals surface area contributed by atoms with Crippen LogP contribution in [0.3, 0.4) is 0 Å². The Morgan fingerprint density at radius 1 is 1.29 bits per heavy atom. The Bertz CT molecular complexity index is 662. The number of nitrogens with one attached hydrogen (secondary N) is 1. The second kappa shape index (κ2) is 6.10. The summed E-state index contributed by atoms with van der Waals surface area (Å²) in [5.74, 6) is -1.75. The van der Waals surface area contributed by atoms with E-state index >= 15 is 0 Å². The van der Waals surface area contributed by atoms with Crippen LogP contribution < -0.4 is 5.32 Å². The first kappa shape index (κ1) is 16.5. The number of nitrogens with zero attached hydrogens (tertiary/aromatic N) is 1. The molecule has 0 aliphatic heterocycles. The summed E-state index contributed by atoms with van der Waals surface area (Å²) >= 11 is 4.60. The van der Waals surface area contributed by atoms with Crippen molar-refractivity contribution in [2.24, 2.45) is 0 Å². The monoisotopic (exact) mass is 374 g/mol. The zero-order chi connectivity index (χ0) is 15.8. The van der Waals surface area contributed by atoms with Crippen molar-refractivity contribution in [3.05, 3.63) is 38.8 Å². The molecule has 114 valence electrons. The fraction of sp³-hybridized carbons (Fsp3) is 0.400. The van der Waals surface area contributed by atoms with Gasteiger partial charge in [0.05, 0.1) is 10.2 Å². The highest BCUT2D eigenvalue weighted by Gasteiger charge is 2.17. The number of hydrogen-bond donors (Lipinski definition) is 1. The third kappa shape index (κ3) is 3.87. The number of rotatable bonds is 3. The van der Waals surface area contributed by atoms with Gasteiger partial charge in [0.25, 0.3) is 0 Å². The fourth-order valence-electron chi connectivity index (χ4n) is 1.74. The lowest BCUT2D eigenvalue weighted by Gasteiger charge is -2.19. The Morgan fingerprint density at radius 3 is 2.57 bits per heavy atom. The summed E-state index contributed by atoms with van der Waals surface area (Å²) in [5.41, 5.74) is 1.49. The third-order valence-electron chi connectivity index (χ3n) is 2.94. The van der Waals surface area contributed by atoms with Gasteiger partial charge in [-0.3, -0.25) is 0 Å². The number of thiazole rings is 1. The summed E-state index contributed by atoms with van der Waals surface area (Å²) in [6, 6.07) is 2.67. The van der Waals surface area contributed by atoms with E-state index in [1.165, 1.54) is 11.3 Å². The van der Waals surface area contributed by atoms with Gasteiger partial charge in [-0.15, -0.1) is 11.3 Å². The predicted molar refractivity (Wildman–Crippen MR) is 86.5 cm³/mol. The van der Waals surface area contributed by atoms with Gasteiger partial charge in [-0.25, -0.2) is 13.8 Å². The van der Waals surface area contributed by atoms with Gasteiger partial charge in [-0.2, -0.15) is 0 Å². The van der Waals surface area contributed by atoms with Gasteiger partial charge in [0.1, 0.15) is 5.01 Å².